The first kappa shape index (κ1) is 20.2. The van der Waals surface area contributed by atoms with Crippen molar-refractivity contribution in [2.24, 2.45) is 17.3 Å². The number of ether oxygens (including phenoxy) is 1. The van der Waals surface area contributed by atoms with Crippen molar-refractivity contribution < 1.29 is 19.4 Å². The number of benzene rings is 1. The van der Waals surface area contributed by atoms with Crippen molar-refractivity contribution in [2.45, 2.75) is 58.0 Å². The molecule has 4 aliphatic rings. The predicted molar refractivity (Wildman–Crippen MR) is 115 cm³/mol. The molecule has 1 aromatic carbocycles. The number of amides is 1. The van der Waals surface area contributed by atoms with Crippen LogP contribution in [0.1, 0.15) is 49.9 Å². The highest BCUT2D eigenvalue weighted by Gasteiger charge is 2.60. The lowest BCUT2D eigenvalue weighted by atomic mass is 9.48. The quantitative estimate of drug-likeness (QED) is 0.720. The van der Waals surface area contributed by atoms with E-state index in [0.29, 0.717) is 29.6 Å². The standard InChI is InChI=1S/C24H29N3O4/c1-15-21(16(2)27(26-15)19-6-4-3-5-7-19)25-20(28)13-31-22(29)23-9-17-8-18(10-23)12-24(30,11-17)14-23/h3-7,17-18,30H,8-14H2,1-2H3,(H,25,28)/t17-,18+,23?,24?. The van der Waals surface area contributed by atoms with E-state index in [4.69, 9.17) is 4.74 Å². The van der Waals surface area contributed by atoms with Crippen molar-refractivity contribution in [3.05, 3.63) is 41.7 Å². The maximum atomic E-state index is 13.0. The Balaban J connectivity index is 1.24. The SMILES string of the molecule is Cc1nn(-c2ccccc2)c(C)c1NC(=O)COC(=O)C12C[C@@H]3C[C@@H](CC(O)(C3)C1)C2. The molecule has 4 aliphatic carbocycles. The second-order valence-corrected chi connectivity index (χ2v) is 9.88. The minimum absolute atomic E-state index is 0.330. The zero-order valence-corrected chi connectivity index (χ0v) is 18.1. The van der Waals surface area contributed by atoms with E-state index in [2.05, 4.69) is 10.4 Å². The van der Waals surface area contributed by atoms with Crippen molar-refractivity contribution in [2.75, 3.05) is 11.9 Å². The topological polar surface area (TPSA) is 93.5 Å². The zero-order valence-electron chi connectivity index (χ0n) is 18.1. The van der Waals surface area contributed by atoms with Gasteiger partial charge in [-0.2, -0.15) is 5.10 Å². The van der Waals surface area contributed by atoms with Crippen LogP contribution in [0.3, 0.4) is 0 Å². The maximum Gasteiger partial charge on any atom is 0.312 e. The molecule has 1 heterocycles. The number of nitrogens with zero attached hydrogens (tertiary/aromatic N) is 2. The van der Waals surface area contributed by atoms with Gasteiger partial charge in [-0.15, -0.1) is 0 Å². The van der Waals surface area contributed by atoms with Crippen LogP contribution in [-0.4, -0.2) is 39.0 Å². The molecule has 1 aromatic heterocycles. The van der Waals surface area contributed by atoms with Gasteiger partial charge in [0.15, 0.2) is 6.61 Å². The molecule has 164 valence electrons. The smallest absolute Gasteiger partial charge is 0.312 e. The Bertz CT molecular complexity index is 1010. The molecule has 4 bridgehead atoms. The summed E-state index contributed by atoms with van der Waals surface area (Å²) in [5.41, 5.74) is 1.70. The van der Waals surface area contributed by atoms with Gasteiger partial charge in [-0.25, -0.2) is 4.68 Å². The summed E-state index contributed by atoms with van der Waals surface area (Å²) in [6, 6.07) is 9.71. The van der Waals surface area contributed by atoms with Crippen LogP contribution in [0, 0.1) is 31.1 Å². The van der Waals surface area contributed by atoms with Gasteiger partial charge in [0.05, 0.1) is 33.8 Å². The number of rotatable bonds is 5. The summed E-state index contributed by atoms with van der Waals surface area (Å²) < 4.78 is 7.27. The third-order valence-corrected chi connectivity index (χ3v) is 7.35. The van der Waals surface area contributed by atoms with Crippen LogP contribution >= 0.6 is 0 Å². The van der Waals surface area contributed by atoms with Crippen LogP contribution in [0.25, 0.3) is 5.69 Å². The van der Waals surface area contributed by atoms with E-state index in [9.17, 15) is 14.7 Å². The van der Waals surface area contributed by atoms with Gasteiger partial charge in [-0.3, -0.25) is 9.59 Å². The number of carbonyl (C=O) groups is 2. The Morgan fingerprint density at radius 1 is 1.16 bits per heavy atom. The molecule has 0 saturated heterocycles. The fraction of sp³-hybridized carbons (Fsp3) is 0.542. The number of aliphatic hydroxyl groups is 1. The molecular weight excluding hydrogens is 394 g/mol. The number of hydrogen-bond acceptors (Lipinski definition) is 5. The highest BCUT2D eigenvalue weighted by atomic mass is 16.5. The molecule has 4 atom stereocenters. The average molecular weight is 424 g/mol. The first-order valence-electron chi connectivity index (χ1n) is 11.1. The van der Waals surface area contributed by atoms with Crippen molar-refractivity contribution in [3.63, 3.8) is 0 Å². The van der Waals surface area contributed by atoms with Crippen LogP contribution < -0.4 is 5.32 Å². The van der Waals surface area contributed by atoms with E-state index >= 15 is 0 Å². The highest BCUT2D eigenvalue weighted by molar-refractivity contribution is 5.94. The summed E-state index contributed by atoms with van der Waals surface area (Å²) in [5.74, 6) is 0.0719. The molecule has 4 fully saturated rings. The summed E-state index contributed by atoms with van der Waals surface area (Å²) in [4.78, 5) is 25.6. The Kier molecular flexibility index (Phi) is 4.70. The van der Waals surface area contributed by atoms with Gasteiger partial charge in [0.1, 0.15) is 0 Å². The second kappa shape index (κ2) is 7.19. The number of hydrogen-bond donors (Lipinski definition) is 2. The molecule has 6 rings (SSSR count). The summed E-state index contributed by atoms with van der Waals surface area (Å²) >= 11 is 0. The predicted octanol–water partition coefficient (Wildman–Crippen LogP) is 3.30. The Morgan fingerprint density at radius 2 is 1.84 bits per heavy atom. The Morgan fingerprint density at radius 3 is 2.48 bits per heavy atom. The molecule has 7 nitrogen and oxygen atoms in total. The Labute approximate surface area is 181 Å². The van der Waals surface area contributed by atoms with Gasteiger partial charge < -0.3 is 15.2 Å². The van der Waals surface area contributed by atoms with E-state index in [1.165, 1.54) is 0 Å². The van der Waals surface area contributed by atoms with Crippen LogP contribution in [0.4, 0.5) is 5.69 Å². The van der Waals surface area contributed by atoms with Gasteiger partial charge in [0.25, 0.3) is 5.91 Å². The molecular formula is C24H29N3O4. The van der Waals surface area contributed by atoms with E-state index in [-0.39, 0.29) is 18.5 Å². The summed E-state index contributed by atoms with van der Waals surface area (Å²) in [6.45, 7) is 3.40. The third kappa shape index (κ3) is 3.55. The fourth-order valence-electron chi connectivity index (χ4n) is 6.56. The van der Waals surface area contributed by atoms with Crippen molar-refractivity contribution in [1.29, 1.82) is 0 Å². The van der Waals surface area contributed by atoms with Crippen molar-refractivity contribution in [1.82, 2.24) is 9.78 Å². The van der Waals surface area contributed by atoms with Crippen LogP contribution in [0.5, 0.6) is 0 Å². The van der Waals surface area contributed by atoms with Gasteiger partial charge in [0, 0.05) is 0 Å². The van der Waals surface area contributed by atoms with E-state index in [1.807, 2.05) is 44.2 Å². The molecule has 2 N–H and O–H groups in total. The van der Waals surface area contributed by atoms with Crippen molar-refractivity contribution >= 4 is 17.6 Å². The largest absolute Gasteiger partial charge is 0.455 e. The van der Waals surface area contributed by atoms with Crippen LogP contribution in [0.2, 0.25) is 0 Å². The molecule has 0 radical (unpaired) electrons. The molecule has 1 amide bonds. The summed E-state index contributed by atoms with van der Waals surface area (Å²) in [7, 11) is 0. The first-order valence-corrected chi connectivity index (χ1v) is 11.1. The lowest BCUT2D eigenvalue weighted by Gasteiger charge is -2.58. The van der Waals surface area contributed by atoms with Gasteiger partial charge in [0.2, 0.25) is 0 Å². The van der Waals surface area contributed by atoms with Crippen LogP contribution in [0.15, 0.2) is 30.3 Å². The highest BCUT2D eigenvalue weighted by Crippen LogP contribution is 2.61. The lowest BCUT2D eigenvalue weighted by Crippen LogP contribution is -2.58. The average Bonchev–Trinajstić information content (AvgIpc) is 2.99. The maximum absolute atomic E-state index is 13.0. The van der Waals surface area contributed by atoms with Gasteiger partial charge in [-0.05, 0) is 76.3 Å². The molecule has 2 unspecified atom stereocenters. The third-order valence-electron chi connectivity index (χ3n) is 7.35. The molecule has 7 heteroatoms. The minimum atomic E-state index is -0.731. The molecule has 31 heavy (non-hydrogen) atoms. The number of carbonyl (C=O) groups excluding carboxylic acids is 2. The van der Waals surface area contributed by atoms with E-state index in [1.54, 1.807) is 4.68 Å². The minimum Gasteiger partial charge on any atom is -0.455 e. The van der Waals surface area contributed by atoms with Crippen LogP contribution in [-0.2, 0) is 14.3 Å². The first-order chi connectivity index (χ1) is 14.8. The molecule has 4 saturated carbocycles. The monoisotopic (exact) mass is 423 g/mol. The number of aryl methyl sites for hydroxylation is 1. The van der Waals surface area contributed by atoms with Crippen molar-refractivity contribution in [3.8, 4) is 5.69 Å². The molecule has 0 aliphatic heterocycles. The number of nitrogens with one attached hydrogen (secondary N) is 1. The summed E-state index contributed by atoms with van der Waals surface area (Å²) in [6.07, 6.45) is 4.70. The Hall–Kier alpha value is -2.67. The second-order valence-electron chi connectivity index (χ2n) is 9.88. The zero-order chi connectivity index (χ0) is 21.8. The number of para-hydroxylation sites is 1. The normalized spacial score (nSPS) is 30.9. The molecule has 2 aromatic rings. The summed E-state index contributed by atoms with van der Waals surface area (Å²) in [5, 5.41) is 18.2. The van der Waals surface area contributed by atoms with E-state index in [0.717, 1.165) is 43.5 Å². The number of esters is 1. The van der Waals surface area contributed by atoms with E-state index < -0.39 is 11.0 Å². The molecule has 0 spiro atoms. The van der Waals surface area contributed by atoms with Gasteiger partial charge >= 0.3 is 5.97 Å². The fourth-order valence-corrected chi connectivity index (χ4v) is 6.56. The van der Waals surface area contributed by atoms with Gasteiger partial charge in [-0.1, -0.05) is 18.2 Å². The lowest BCUT2D eigenvalue weighted by molar-refractivity contribution is -0.196. The number of anilines is 1. The number of aromatic nitrogens is 2.